The predicted molar refractivity (Wildman–Crippen MR) is 170 cm³/mol. The molecule has 47 heavy (non-hydrogen) atoms. The number of ketones is 2. The minimum Gasteiger partial charge on any atom is -0.512 e. The van der Waals surface area contributed by atoms with Crippen molar-refractivity contribution in [2.45, 2.75) is 133 Å². The van der Waals surface area contributed by atoms with E-state index in [0.29, 0.717) is 19.3 Å². The zero-order valence-corrected chi connectivity index (χ0v) is 27.6. The Morgan fingerprint density at radius 1 is 1.04 bits per heavy atom. The molecule has 2 aliphatic heterocycles. The second kappa shape index (κ2) is 12.6. The molecule has 0 aromatic rings. The van der Waals surface area contributed by atoms with Crippen LogP contribution in [0.2, 0.25) is 0 Å². The minimum absolute atomic E-state index is 0.0960. The maximum absolute atomic E-state index is 14.0. The fourth-order valence-electron chi connectivity index (χ4n) is 11.4. The van der Waals surface area contributed by atoms with Crippen molar-refractivity contribution < 1.29 is 44.6 Å². The number of rotatable bonds is 6. The summed E-state index contributed by atoms with van der Waals surface area (Å²) in [5.74, 6) is -3.42. The number of hydrogen-bond donors (Lipinski definition) is 7. The number of fused-ring (bicyclic) bond motifs is 2. The van der Waals surface area contributed by atoms with E-state index in [4.69, 9.17) is 15.2 Å². The van der Waals surface area contributed by atoms with Gasteiger partial charge in [0.25, 0.3) is 0 Å². The average molecular weight is 659 g/mol. The van der Waals surface area contributed by atoms with Crippen LogP contribution in [0.5, 0.6) is 0 Å². The third kappa shape index (κ3) is 5.66. The van der Waals surface area contributed by atoms with Crippen molar-refractivity contribution in [2.24, 2.45) is 46.2 Å². The maximum atomic E-state index is 14.0. The SMILES string of the molecule is CC1=C[C@H]2C(=O)C3CCCC(O[C@H]4O[C@H](CO)[C@@H](O)[C@@](O)(C[C@@]5(C6CCNC(N)C6)CCC6(CCCC6)C5)[C@H]4O)C3C(=O)[C@@H]2C(O)=C1. The van der Waals surface area contributed by atoms with E-state index in [1.165, 1.54) is 18.9 Å². The molecule has 2 saturated heterocycles. The van der Waals surface area contributed by atoms with Gasteiger partial charge in [0.15, 0.2) is 12.1 Å². The Labute approximate surface area is 277 Å². The number of aliphatic hydroxyl groups is 5. The monoisotopic (exact) mass is 658 g/mol. The number of aliphatic hydroxyl groups excluding tert-OH is 4. The molecule has 13 atom stereocenters. The molecule has 6 fully saturated rings. The van der Waals surface area contributed by atoms with Gasteiger partial charge in [0.1, 0.15) is 35.5 Å². The maximum Gasteiger partial charge on any atom is 0.187 e. The number of piperidine rings is 1. The number of carbonyl (C=O) groups is 2. The lowest BCUT2D eigenvalue weighted by Gasteiger charge is -2.54. The molecule has 0 radical (unpaired) electrons. The second-order valence-corrected chi connectivity index (χ2v) is 16.3. The molecule has 0 aromatic carbocycles. The summed E-state index contributed by atoms with van der Waals surface area (Å²) in [5, 5.41) is 60.5. The van der Waals surface area contributed by atoms with Crippen LogP contribution >= 0.6 is 0 Å². The number of ether oxygens (including phenoxy) is 2. The fourth-order valence-corrected chi connectivity index (χ4v) is 11.4. The van der Waals surface area contributed by atoms with Crippen molar-refractivity contribution >= 4 is 11.6 Å². The summed E-state index contributed by atoms with van der Waals surface area (Å²) in [6.07, 6.45) is 7.11. The lowest BCUT2D eigenvalue weighted by atomic mass is 9.59. The number of Topliss-reactive ketones (excluding diaryl/α,β-unsaturated/α-hetero) is 2. The molecular formula is C36H54N2O9. The topological polar surface area (TPSA) is 192 Å². The first-order chi connectivity index (χ1) is 22.4. The Morgan fingerprint density at radius 3 is 2.53 bits per heavy atom. The van der Waals surface area contributed by atoms with Crippen molar-refractivity contribution in [2.75, 3.05) is 13.2 Å². The largest absolute Gasteiger partial charge is 0.512 e. The Hall–Kier alpha value is -1.70. The van der Waals surface area contributed by atoms with Gasteiger partial charge < -0.3 is 46.1 Å². The average Bonchev–Trinajstić information content (AvgIpc) is 3.66. The molecule has 11 heteroatoms. The number of hydrogen-bond acceptors (Lipinski definition) is 11. The van der Waals surface area contributed by atoms with E-state index in [9.17, 15) is 35.1 Å². The van der Waals surface area contributed by atoms with E-state index in [1.54, 1.807) is 13.0 Å². The van der Waals surface area contributed by atoms with Crippen LogP contribution in [0.4, 0.5) is 0 Å². The molecule has 11 nitrogen and oxygen atoms in total. The van der Waals surface area contributed by atoms with E-state index in [1.807, 2.05) is 0 Å². The molecule has 5 aliphatic carbocycles. The van der Waals surface area contributed by atoms with E-state index < -0.39 is 66.6 Å². The summed E-state index contributed by atoms with van der Waals surface area (Å²) >= 11 is 0. The molecule has 2 heterocycles. The molecule has 0 bridgehead atoms. The fraction of sp³-hybridized carbons (Fsp3) is 0.833. The molecule has 7 rings (SSSR count). The number of nitrogens with two attached hydrogens (primary N) is 1. The minimum atomic E-state index is -2.06. The van der Waals surface area contributed by atoms with E-state index in [-0.39, 0.29) is 46.7 Å². The Kier molecular flexibility index (Phi) is 9.03. The highest BCUT2D eigenvalue weighted by Crippen LogP contribution is 2.64. The van der Waals surface area contributed by atoms with Gasteiger partial charge in [-0.25, -0.2) is 0 Å². The van der Waals surface area contributed by atoms with E-state index >= 15 is 0 Å². The second-order valence-electron chi connectivity index (χ2n) is 16.3. The van der Waals surface area contributed by atoms with Gasteiger partial charge in [-0.05, 0) is 101 Å². The molecule has 1 spiro atoms. The highest BCUT2D eigenvalue weighted by atomic mass is 16.7. The Bertz CT molecular complexity index is 1300. The van der Waals surface area contributed by atoms with Gasteiger partial charge in [-0.2, -0.15) is 0 Å². The quantitative estimate of drug-likeness (QED) is 0.221. The summed E-state index contributed by atoms with van der Waals surface area (Å²) in [4.78, 5) is 27.7. The number of allylic oxidation sites excluding steroid dienone is 4. The molecule has 7 aliphatic rings. The zero-order chi connectivity index (χ0) is 33.3. The van der Waals surface area contributed by atoms with Crippen molar-refractivity contribution in [3.05, 3.63) is 23.5 Å². The van der Waals surface area contributed by atoms with Crippen LogP contribution in [0.15, 0.2) is 23.5 Å². The molecule has 8 N–H and O–H groups in total. The molecular weight excluding hydrogens is 604 g/mol. The third-order valence-corrected chi connectivity index (χ3v) is 13.6. The summed E-state index contributed by atoms with van der Waals surface area (Å²) in [6, 6.07) is 0. The zero-order valence-electron chi connectivity index (χ0n) is 27.6. The van der Waals surface area contributed by atoms with Crippen molar-refractivity contribution in [3.8, 4) is 0 Å². The van der Waals surface area contributed by atoms with Crippen LogP contribution in [0.1, 0.15) is 90.4 Å². The van der Waals surface area contributed by atoms with Gasteiger partial charge in [-0.1, -0.05) is 30.9 Å². The molecule has 4 saturated carbocycles. The van der Waals surface area contributed by atoms with E-state index in [0.717, 1.165) is 57.1 Å². The van der Waals surface area contributed by atoms with Crippen LogP contribution in [0.25, 0.3) is 0 Å². The highest BCUT2D eigenvalue weighted by molar-refractivity contribution is 6.02. The van der Waals surface area contributed by atoms with E-state index in [2.05, 4.69) is 5.32 Å². The third-order valence-electron chi connectivity index (χ3n) is 13.6. The van der Waals surface area contributed by atoms with Crippen LogP contribution < -0.4 is 11.1 Å². The number of carbonyl (C=O) groups excluding carboxylic acids is 2. The normalized spacial score (nSPS) is 48.2. The first-order valence-electron chi connectivity index (χ1n) is 18.1. The van der Waals surface area contributed by atoms with Crippen LogP contribution in [-0.4, -0.2) is 92.7 Å². The summed E-state index contributed by atoms with van der Waals surface area (Å²) in [5.41, 5.74) is 4.89. The summed E-state index contributed by atoms with van der Waals surface area (Å²) < 4.78 is 12.4. The number of nitrogens with one attached hydrogen (secondary N) is 1. The van der Waals surface area contributed by atoms with Gasteiger partial charge in [0.2, 0.25) is 0 Å². The van der Waals surface area contributed by atoms with Crippen molar-refractivity contribution in [1.29, 1.82) is 0 Å². The standard InChI is InChI=1S/C36H54N2O9/c1-19-13-22-27(23(40)14-19)30(42)28-21(29(22)41)5-4-6-24(28)46-33-32(44)36(45,31(43)25(16-39)47-33)18-35(20-7-12-38-26(37)15-20)11-10-34(17-35)8-2-3-9-34/h13-14,20-22,24-28,31-33,38-40,43-45H,2-12,15-18,37H2,1H3/t20?,21?,22-,24?,25-,26?,27+,28?,31-,32+,33+,35-,36+/m1/s1. The van der Waals surface area contributed by atoms with Crippen LogP contribution in [-0.2, 0) is 19.1 Å². The lowest BCUT2D eigenvalue weighted by molar-refractivity contribution is -0.350. The Morgan fingerprint density at radius 2 is 1.81 bits per heavy atom. The van der Waals surface area contributed by atoms with Crippen LogP contribution in [0.3, 0.4) is 0 Å². The molecule has 5 unspecified atom stereocenters. The van der Waals surface area contributed by atoms with Crippen molar-refractivity contribution in [1.82, 2.24) is 5.32 Å². The lowest BCUT2D eigenvalue weighted by Crippen LogP contribution is -2.69. The molecule has 0 aromatic heterocycles. The summed E-state index contributed by atoms with van der Waals surface area (Å²) in [6.45, 7) is 1.95. The van der Waals surface area contributed by atoms with Gasteiger partial charge in [-0.15, -0.1) is 0 Å². The van der Waals surface area contributed by atoms with Gasteiger partial charge in [0, 0.05) is 5.92 Å². The van der Waals surface area contributed by atoms with Gasteiger partial charge >= 0.3 is 0 Å². The van der Waals surface area contributed by atoms with Crippen molar-refractivity contribution in [3.63, 3.8) is 0 Å². The first kappa shape index (κ1) is 33.8. The van der Waals surface area contributed by atoms with Gasteiger partial charge in [-0.3, -0.25) is 9.59 Å². The highest BCUT2D eigenvalue weighted by Gasteiger charge is 2.63. The first-order valence-corrected chi connectivity index (χ1v) is 18.1. The summed E-state index contributed by atoms with van der Waals surface area (Å²) in [7, 11) is 0. The van der Waals surface area contributed by atoms with Crippen LogP contribution in [0, 0.1) is 40.4 Å². The molecule has 262 valence electrons. The van der Waals surface area contributed by atoms with Gasteiger partial charge in [0.05, 0.1) is 36.6 Å². The predicted octanol–water partition coefficient (Wildman–Crippen LogP) is 2.15. The smallest absolute Gasteiger partial charge is 0.187 e. The Balaban J connectivity index is 1.17. The molecule has 0 amide bonds.